The van der Waals surface area contributed by atoms with E-state index in [0.717, 1.165) is 29.4 Å². The monoisotopic (exact) mass is 446 g/mol. The second-order valence-corrected chi connectivity index (χ2v) is 7.31. The molecule has 0 fully saturated rings. The van der Waals surface area contributed by atoms with Crippen molar-refractivity contribution >= 4 is 34.8 Å². The Morgan fingerprint density at radius 2 is 1.97 bits per heavy atom. The summed E-state index contributed by atoms with van der Waals surface area (Å²) in [6.45, 7) is 1.03. The van der Waals surface area contributed by atoms with Gasteiger partial charge in [-0.2, -0.15) is 4.39 Å². The number of pyridine rings is 2. The average molecular weight is 447 g/mol. The summed E-state index contributed by atoms with van der Waals surface area (Å²) in [6.07, 6.45) is 2.08. The topological polar surface area (TPSA) is 75.2 Å². The summed E-state index contributed by atoms with van der Waals surface area (Å²) in [6, 6.07) is 6.15. The van der Waals surface area contributed by atoms with Gasteiger partial charge in [0.05, 0.1) is 34.1 Å². The summed E-state index contributed by atoms with van der Waals surface area (Å²) < 4.78 is 42.2. The number of amides is 2. The number of nitrogens with zero attached hydrogens (tertiary/aromatic N) is 3. The molecule has 0 radical (unpaired) electrons. The van der Waals surface area contributed by atoms with E-state index in [-0.39, 0.29) is 33.2 Å². The Bertz CT molecular complexity index is 1220. The minimum atomic E-state index is -0.932. The molecule has 3 heterocycles. The van der Waals surface area contributed by atoms with Crippen LogP contribution < -0.4 is 10.2 Å². The van der Waals surface area contributed by atoms with Crippen LogP contribution in [0.25, 0.3) is 11.1 Å². The molecule has 1 aliphatic heterocycles. The van der Waals surface area contributed by atoms with Crippen LogP contribution in [0.4, 0.5) is 24.5 Å². The number of benzene rings is 1. The van der Waals surface area contributed by atoms with Crippen LogP contribution in [0.5, 0.6) is 0 Å². The molecule has 3 aromatic rings. The predicted octanol–water partition coefficient (Wildman–Crippen LogP) is 4.30. The molecule has 1 aliphatic rings. The van der Waals surface area contributed by atoms with Gasteiger partial charge in [-0.1, -0.05) is 11.6 Å². The molecule has 158 valence electrons. The van der Waals surface area contributed by atoms with E-state index < -0.39 is 41.9 Å². The number of hydrogen-bond donors (Lipinski definition) is 1. The van der Waals surface area contributed by atoms with Crippen LogP contribution in [0.3, 0.4) is 0 Å². The van der Waals surface area contributed by atoms with Gasteiger partial charge >= 0.3 is 0 Å². The van der Waals surface area contributed by atoms with E-state index in [1.807, 2.05) is 0 Å². The zero-order valence-electron chi connectivity index (χ0n) is 16.0. The largest absolute Gasteiger partial charge is 0.324 e. The third-order valence-electron chi connectivity index (χ3n) is 4.88. The first kappa shape index (κ1) is 20.8. The molecule has 2 aromatic heterocycles. The van der Waals surface area contributed by atoms with Gasteiger partial charge < -0.3 is 10.2 Å². The molecule has 1 atom stereocenters. The standard InChI is InChI=1S/C21H14ClF3N4O2/c1-10-19-13(6-11(23)8-27-19)18-16(4-5-26-20(18)25)29(21(10)31)9-17(30)28-12-2-3-14(22)15(24)7-12/h2-8,10H,9H2,1H3,(H,28,30)/t10-/m1/s1. The van der Waals surface area contributed by atoms with Gasteiger partial charge in [0.25, 0.3) is 0 Å². The summed E-state index contributed by atoms with van der Waals surface area (Å²) in [5.74, 6) is -4.44. The molecule has 10 heteroatoms. The predicted molar refractivity (Wildman–Crippen MR) is 108 cm³/mol. The Hall–Kier alpha value is -3.46. The van der Waals surface area contributed by atoms with Gasteiger partial charge in [0.15, 0.2) is 0 Å². The van der Waals surface area contributed by atoms with E-state index in [0.29, 0.717) is 0 Å². The molecule has 0 bridgehead atoms. The Labute approximate surface area is 179 Å². The van der Waals surface area contributed by atoms with Crippen LogP contribution in [-0.2, 0) is 9.59 Å². The van der Waals surface area contributed by atoms with Crippen LogP contribution in [0.2, 0.25) is 5.02 Å². The maximum Gasteiger partial charge on any atom is 0.244 e. The van der Waals surface area contributed by atoms with E-state index in [1.54, 1.807) is 0 Å². The summed E-state index contributed by atoms with van der Waals surface area (Å²) >= 11 is 5.64. The van der Waals surface area contributed by atoms with Crippen molar-refractivity contribution < 1.29 is 22.8 Å². The molecular formula is C21H14ClF3N4O2. The van der Waals surface area contributed by atoms with Gasteiger partial charge in [0.1, 0.15) is 18.2 Å². The molecular weight excluding hydrogens is 433 g/mol. The molecule has 31 heavy (non-hydrogen) atoms. The molecule has 2 amide bonds. The molecule has 0 saturated carbocycles. The highest BCUT2D eigenvalue weighted by atomic mass is 35.5. The molecule has 1 N–H and O–H groups in total. The number of fused-ring (bicyclic) bond motifs is 3. The highest BCUT2D eigenvalue weighted by molar-refractivity contribution is 6.30. The molecule has 0 saturated heterocycles. The fourth-order valence-corrected chi connectivity index (χ4v) is 3.56. The molecule has 0 unspecified atom stereocenters. The van der Waals surface area contributed by atoms with Gasteiger partial charge in [0, 0.05) is 17.4 Å². The summed E-state index contributed by atoms with van der Waals surface area (Å²) in [5, 5.41) is 2.36. The molecule has 4 rings (SSSR count). The van der Waals surface area contributed by atoms with Crippen molar-refractivity contribution in [3.63, 3.8) is 0 Å². The van der Waals surface area contributed by atoms with Gasteiger partial charge in [-0.15, -0.1) is 0 Å². The van der Waals surface area contributed by atoms with E-state index in [9.17, 15) is 22.8 Å². The number of aromatic nitrogens is 2. The van der Waals surface area contributed by atoms with Crippen molar-refractivity contribution in [1.29, 1.82) is 0 Å². The Morgan fingerprint density at radius 1 is 1.19 bits per heavy atom. The van der Waals surface area contributed by atoms with Gasteiger partial charge in [-0.25, -0.2) is 13.8 Å². The number of halogens is 4. The fourth-order valence-electron chi connectivity index (χ4n) is 3.45. The van der Waals surface area contributed by atoms with Crippen LogP contribution in [0, 0.1) is 17.6 Å². The van der Waals surface area contributed by atoms with Gasteiger partial charge in [-0.05, 0) is 37.3 Å². The minimum Gasteiger partial charge on any atom is -0.324 e. The lowest BCUT2D eigenvalue weighted by molar-refractivity contribution is -0.122. The molecule has 0 spiro atoms. The van der Waals surface area contributed by atoms with E-state index >= 15 is 0 Å². The maximum absolute atomic E-state index is 14.7. The van der Waals surface area contributed by atoms with Crippen molar-refractivity contribution in [2.75, 3.05) is 16.8 Å². The number of carbonyl (C=O) groups is 2. The highest BCUT2D eigenvalue weighted by Gasteiger charge is 2.35. The maximum atomic E-state index is 14.7. The van der Waals surface area contributed by atoms with E-state index in [1.165, 1.54) is 25.1 Å². The number of anilines is 2. The molecule has 6 nitrogen and oxygen atoms in total. The Morgan fingerprint density at radius 3 is 2.71 bits per heavy atom. The lowest BCUT2D eigenvalue weighted by Gasteiger charge is -2.24. The van der Waals surface area contributed by atoms with Gasteiger partial charge in [-0.3, -0.25) is 14.6 Å². The summed E-state index contributed by atoms with van der Waals surface area (Å²) in [7, 11) is 0. The third kappa shape index (κ3) is 3.84. The zero-order chi connectivity index (χ0) is 22.3. The SMILES string of the molecule is C[C@H]1C(=O)N(CC(=O)Nc2ccc(Cl)c(F)c2)c2ccnc(F)c2-c2cc(F)cnc21. The fraction of sp³-hybridized carbons (Fsp3) is 0.143. The Kier molecular flexibility index (Phi) is 5.36. The number of rotatable bonds is 3. The van der Waals surface area contributed by atoms with Crippen molar-refractivity contribution in [2.45, 2.75) is 12.8 Å². The second-order valence-electron chi connectivity index (χ2n) is 6.91. The van der Waals surface area contributed by atoms with Gasteiger partial charge in [0.2, 0.25) is 17.8 Å². The van der Waals surface area contributed by atoms with Crippen molar-refractivity contribution in [1.82, 2.24) is 9.97 Å². The van der Waals surface area contributed by atoms with Crippen molar-refractivity contribution in [3.05, 3.63) is 71.0 Å². The lowest BCUT2D eigenvalue weighted by atomic mass is 9.98. The lowest BCUT2D eigenvalue weighted by Crippen LogP contribution is -2.40. The van der Waals surface area contributed by atoms with Crippen LogP contribution >= 0.6 is 11.6 Å². The van der Waals surface area contributed by atoms with E-state index in [2.05, 4.69) is 15.3 Å². The first-order chi connectivity index (χ1) is 14.8. The Balaban J connectivity index is 1.73. The quantitative estimate of drug-likeness (QED) is 0.609. The smallest absolute Gasteiger partial charge is 0.244 e. The third-order valence-corrected chi connectivity index (χ3v) is 5.19. The van der Waals surface area contributed by atoms with Crippen molar-refractivity contribution in [3.8, 4) is 11.1 Å². The number of hydrogen-bond acceptors (Lipinski definition) is 4. The summed E-state index contributed by atoms with van der Waals surface area (Å²) in [5.41, 5.74) is 0.308. The van der Waals surface area contributed by atoms with Crippen molar-refractivity contribution in [2.24, 2.45) is 0 Å². The van der Waals surface area contributed by atoms with Crippen LogP contribution in [0.1, 0.15) is 18.5 Å². The first-order valence-corrected chi connectivity index (χ1v) is 9.50. The minimum absolute atomic E-state index is 0.0490. The summed E-state index contributed by atoms with van der Waals surface area (Å²) in [4.78, 5) is 34.4. The highest BCUT2D eigenvalue weighted by Crippen LogP contribution is 2.41. The number of carbonyl (C=O) groups excluding carboxylic acids is 2. The molecule has 0 aliphatic carbocycles. The van der Waals surface area contributed by atoms with E-state index in [4.69, 9.17) is 11.6 Å². The zero-order valence-corrected chi connectivity index (χ0v) is 16.8. The number of nitrogens with one attached hydrogen (secondary N) is 1. The van der Waals surface area contributed by atoms with Crippen LogP contribution in [-0.4, -0.2) is 28.3 Å². The second kappa shape index (κ2) is 7.99. The molecule has 1 aromatic carbocycles. The first-order valence-electron chi connectivity index (χ1n) is 9.13. The average Bonchev–Trinajstić information content (AvgIpc) is 2.81. The van der Waals surface area contributed by atoms with Crippen LogP contribution in [0.15, 0.2) is 42.7 Å². The normalized spacial score (nSPS) is 15.2.